The van der Waals surface area contributed by atoms with Crippen LogP contribution in [-0.4, -0.2) is 61.4 Å². The number of thiophene rings is 1. The zero-order chi connectivity index (χ0) is 25.0. The van der Waals surface area contributed by atoms with Gasteiger partial charge in [-0.1, -0.05) is 23.9 Å². The monoisotopic (exact) mass is 529 g/mol. The highest BCUT2D eigenvalue weighted by Gasteiger charge is 2.19. The van der Waals surface area contributed by atoms with E-state index in [9.17, 15) is 0 Å². The van der Waals surface area contributed by atoms with E-state index in [0.29, 0.717) is 6.61 Å². The predicted molar refractivity (Wildman–Crippen MR) is 150 cm³/mol. The number of aromatic nitrogens is 2. The largest absolute Gasteiger partial charge is 0.497 e. The van der Waals surface area contributed by atoms with Crippen molar-refractivity contribution in [3.8, 4) is 21.9 Å². The van der Waals surface area contributed by atoms with Gasteiger partial charge in [0.15, 0.2) is 0 Å². The fourth-order valence-electron chi connectivity index (χ4n) is 4.32. The molecule has 1 fully saturated rings. The van der Waals surface area contributed by atoms with E-state index < -0.39 is 0 Å². The summed E-state index contributed by atoms with van der Waals surface area (Å²) in [5.74, 6) is 1.72. The Labute approximate surface area is 224 Å². The quantitative estimate of drug-likeness (QED) is 0.231. The molecule has 1 aliphatic heterocycles. The van der Waals surface area contributed by atoms with E-state index in [-0.39, 0.29) is 0 Å². The van der Waals surface area contributed by atoms with Crippen LogP contribution in [0.2, 0.25) is 0 Å². The van der Waals surface area contributed by atoms with Gasteiger partial charge in [-0.2, -0.15) is 0 Å². The van der Waals surface area contributed by atoms with E-state index in [1.807, 2.05) is 48.5 Å². The van der Waals surface area contributed by atoms with Crippen molar-refractivity contribution in [2.45, 2.75) is 9.79 Å². The Bertz CT molecular complexity index is 1500. The molecule has 37 heavy (non-hydrogen) atoms. The fourth-order valence-corrected chi connectivity index (χ4v) is 6.62. The first-order valence-corrected chi connectivity index (χ1v) is 13.9. The van der Waals surface area contributed by atoms with Crippen LogP contribution in [0.15, 0.2) is 82.6 Å². The highest BCUT2D eigenvalue weighted by Crippen LogP contribution is 2.46. The second kappa shape index (κ2) is 11.1. The van der Waals surface area contributed by atoms with Gasteiger partial charge in [0.1, 0.15) is 28.5 Å². The molecule has 0 N–H and O–H groups in total. The van der Waals surface area contributed by atoms with E-state index in [1.54, 1.807) is 30.2 Å². The summed E-state index contributed by atoms with van der Waals surface area (Å²) in [6, 6.07) is 24.5. The molecule has 0 saturated carbocycles. The standard InChI is InChI=1S/C29H27N3O3S2/c1-33-21-8-6-20(7-9-21)27-28(26-29(37-27)31-25-5-3-2-4-24(25)30-26)36-23-12-10-22(11-13-23)35-19-16-32-14-17-34-18-15-32/h2-13H,14-19H2,1H3. The minimum Gasteiger partial charge on any atom is -0.497 e. The molecule has 188 valence electrons. The first kappa shape index (κ1) is 24.2. The van der Waals surface area contributed by atoms with Gasteiger partial charge in [0.25, 0.3) is 0 Å². The van der Waals surface area contributed by atoms with Crippen LogP contribution in [0.3, 0.4) is 0 Å². The van der Waals surface area contributed by atoms with Crippen molar-refractivity contribution in [1.29, 1.82) is 0 Å². The van der Waals surface area contributed by atoms with E-state index >= 15 is 0 Å². The Morgan fingerprint density at radius 1 is 0.892 bits per heavy atom. The predicted octanol–water partition coefficient (Wildman–Crippen LogP) is 6.38. The number of para-hydroxylation sites is 2. The van der Waals surface area contributed by atoms with Crippen molar-refractivity contribution in [3.05, 3.63) is 72.8 Å². The zero-order valence-corrected chi connectivity index (χ0v) is 22.2. The second-order valence-corrected chi connectivity index (χ2v) is 10.8. The summed E-state index contributed by atoms with van der Waals surface area (Å²) in [6.45, 7) is 5.15. The molecule has 0 radical (unpaired) electrons. The molecule has 2 aromatic heterocycles. The van der Waals surface area contributed by atoms with Crippen molar-refractivity contribution < 1.29 is 14.2 Å². The lowest BCUT2D eigenvalue weighted by Crippen LogP contribution is -2.38. The summed E-state index contributed by atoms with van der Waals surface area (Å²) in [5, 5.41) is 0. The van der Waals surface area contributed by atoms with Crippen LogP contribution < -0.4 is 9.47 Å². The van der Waals surface area contributed by atoms with Crippen LogP contribution in [0.5, 0.6) is 11.5 Å². The normalized spacial score (nSPS) is 14.3. The number of hydrogen-bond donors (Lipinski definition) is 0. The van der Waals surface area contributed by atoms with Gasteiger partial charge in [-0.3, -0.25) is 4.90 Å². The summed E-state index contributed by atoms with van der Waals surface area (Å²) in [7, 11) is 1.69. The molecule has 6 nitrogen and oxygen atoms in total. The molecular weight excluding hydrogens is 502 g/mol. The maximum absolute atomic E-state index is 6.01. The minimum absolute atomic E-state index is 0.673. The molecule has 0 amide bonds. The molecule has 8 heteroatoms. The first-order chi connectivity index (χ1) is 18.3. The van der Waals surface area contributed by atoms with Crippen LogP contribution in [0, 0.1) is 0 Å². The van der Waals surface area contributed by atoms with E-state index in [2.05, 4.69) is 29.2 Å². The maximum Gasteiger partial charge on any atom is 0.144 e. The third-order valence-corrected chi connectivity index (χ3v) is 8.70. The molecular formula is C29H27N3O3S2. The summed E-state index contributed by atoms with van der Waals surface area (Å²) in [5.41, 5.74) is 3.87. The number of ether oxygens (including phenoxy) is 3. The lowest BCUT2D eigenvalue weighted by molar-refractivity contribution is 0.0322. The van der Waals surface area contributed by atoms with E-state index in [4.69, 9.17) is 24.2 Å². The Morgan fingerprint density at radius 3 is 2.32 bits per heavy atom. The molecule has 0 unspecified atom stereocenters. The van der Waals surface area contributed by atoms with Crippen LogP contribution in [0.1, 0.15) is 0 Å². The minimum atomic E-state index is 0.673. The van der Waals surface area contributed by atoms with Crippen LogP contribution >= 0.6 is 23.1 Å². The summed E-state index contributed by atoms with van der Waals surface area (Å²) in [4.78, 5) is 16.7. The van der Waals surface area contributed by atoms with Gasteiger partial charge in [0.2, 0.25) is 0 Å². The topological polar surface area (TPSA) is 56.7 Å². The number of hydrogen-bond acceptors (Lipinski definition) is 8. The third kappa shape index (κ3) is 5.43. The maximum atomic E-state index is 6.01. The number of fused-ring (bicyclic) bond motifs is 2. The van der Waals surface area contributed by atoms with Gasteiger partial charge in [0, 0.05) is 24.5 Å². The molecule has 0 atom stereocenters. The highest BCUT2D eigenvalue weighted by atomic mass is 32.2. The fraction of sp³-hybridized carbons (Fsp3) is 0.241. The summed E-state index contributed by atoms with van der Waals surface area (Å²) >= 11 is 3.40. The van der Waals surface area contributed by atoms with Crippen LogP contribution in [0.4, 0.5) is 0 Å². The highest BCUT2D eigenvalue weighted by molar-refractivity contribution is 8.00. The van der Waals surface area contributed by atoms with Crippen molar-refractivity contribution in [2.24, 2.45) is 0 Å². The molecule has 5 aromatic rings. The lowest BCUT2D eigenvalue weighted by Gasteiger charge is -2.26. The first-order valence-electron chi connectivity index (χ1n) is 12.3. The molecule has 6 rings (SSSR count). The van der Waals surface area contributed by atoms with E-state index in [0.717, 1.165) is 86.0 Å². The average molecular weight is 530 g/mol. The molecule has 0 aliphatic carbocycles. The van der Waals surface area contributed by atoms with E-state index in [1.165, 1.54) is 0 Å². The van der Waals surface area contributed by atoms with Gasteiger partial charge in [0.05, 0.1) is 41.1 Å². The molecule has 0 spiro atoms. The summed E-state index contributed by atoms with van der Waals surface area (Å²) in [6.07, 6.45) is 0. The number of rotatable bonds is 8. The van der Waals surface area contributed by atoms with Gasteiger partial charge < -0.3 is 14.2 Å². The van der Waals surface area contributed by atoms with Crippen molar-refractivity contribution in [1.82, 2.24) is 14.9 Å². The average Bonchev–Trinajstić information content (AvgIpc) is 3.30. The SMILES string of the molecule is COc1ccc(-c2sc3nc4ccccc4nc3c2Sc2ccc(OCCN3CCOCC3)cc2)cc1. The number of nitrogens with zero attached hydrogens (tertiary/aromatic N) is 3. The smallest absolute Gasteiger partial charge is 0.144 e. The number of methoxy groups -OCH3 is 1. The van der Waals surface area contributed by atoms with Crippen LogP contribution in [0.25, 0.3) is 31.8 Å². The van der Waals surface area contributed by atoms with Crippen LogP contribution in [-0.2, 0) is 4.74 Å². The zero-order valence-electron chi connectivity index (χ0n) is 20.6. The molecule has 1 saturated heterocycles. The summed E-state index contributed by atoms with van der Waals surface area (Å²) < 4.78 is 16.8. The lowest BCUT2D eigenvalue weighted by atomic mass is 10.2. The van der Waals surface area contributed by atoms with Gasteiger partial charge in [-0.15, -0.1) is 11.3 Å². The second-order valence-electron chi connectivity index (χ2n) is 8.73. The Kier molecular flexibility index (Phi) is 7.23. The van der Waals surface area contributed by atoms with Gasteiger partial charge in [-0.25, -0.2) is 9.97 Å². The molecule has 1 aliphatic rings. The molecule has 3 aromatic carbocycles. The van der Waals surface area contributed by atoms with Crippen molar-refractivity contribution in [3.63, 3.8) is 0 Å². The number of benzene rings is 3. The van der Waals surface area contributed by atoms with Crippen molar-refractivity contribution >= 4 is 44.5 Å². The van der Waals surface area contributed by atoms with Gasteiger partial charge >= 0.3 is 0 Å². The van der Waals surface area contributed by atoms with Crippen molar-refractivity contribution in [2.75, 3.05) is 46.6 Å². The Balaban J connectivity index is 1.27. The Morgan fingerprint density at radius 2 is 1.59 bits per heavy atom. The number of morpholine rings is 1. The molecule has 3 heterocycles. The van der Waals surface area contributed by atoms with Gasteiger partial charge in [-0.05, 0) is 66.2 Å². The third-order valence-electron chi connectivity index (χ3n) is 6.33. The molecule has 0 bridgehead atoms. The Hall–Kier alpha value is -3.17.